The van der Waals surface area contributed by atoms with Gasteiger partial charge in [-0.15, -0.1) is 0 Å². The molecular weight excluding hydrogens is 202 g/mol. The Labute approximate surface area is 96.4 Å². The minimum Gasteiger partial charge on any atom is -0.378 e. The molecule has 1 unspecified atom stereocenters. The van der Waals surface area contributed by atoms with E-state index in [0.29, 0.717) is 6.10 Å². The van der Waals surface area contributed by atoms with Gasteiger partial charge in [-0.1, -0.05) is 0 Å². The first-order valence-electron chi connectivity index (χ1n) is 5.91. The van der Waals surface area contributed by atoms with E-state index in [9.17, 15) is 0 Å². The maximum atomic E-state index is 5.57. The van der Waals surface area contributed by atoms with Crippen LogP contribution in [0.3, 0.4) is 0 Å². The van der Waals surface area contributed by atoms with Gasteiger partial charge in [0.25, 0.3) is 0 Å². The number of hydrogen-bond donors (Lipinski definition) is 1. The van der Waals surface area contributed by atoms with Gasteiger partial charge in [0, 0.05) is 19.3 Å². The molecule has 2 heterocycles. The van der Waals surface area contributed by atoms with Crippen molar-refractivity contribution < 1.29 is 4.74 Å². The molecule has 1 aliphatic heterocycles. The zero-order chi connectivity index (χ0) is 11.4. The van der Waals surface area contributed by atoms with Crippen LogP contribution in [0.25, 0.3) is 0 Å². The summed E-state index contributed by atoms with van der Waals surface area (Å²) in [6, 6.07) is 0. The number of nitrogens with zero attached hydrogens (tertiary/aromatic N) is 2. The lowest BCUT2D eigenvalue weighted by Crippen LogP contribution is -2.14. The Bertz CT molecular complexity index is 348. The van der Waals surface area contributed by atoms with Gasteiger partial charge >= 0.3 is 0 Å². The monoisotopic (exact) mass is 221 g/mol. The maximum absolute atomic E-state index is 5.57. The molecular formula is C12H19N3O. The lowest BCUT2D eigenvalue weighted by molar-refractivity contribution is 0.107. The van der Waals surface area contributed by atoms with Crippen molar-refractivity contribution in [2.75, 3.05) is 18.5 Å². The van der Waals surface area contributed by atoms with E-state index in [1.54, 1.807) is 6.20 Å². The molecule has 1 atom stereocenters. The number of anilines is 1. The molecule has 4 nitrogen and oxygen atoms in total. The van der Waals surface area contributed by atoms with E-state index in [0.717, 1.165) is 36.8 Å². The van der Waals surface area contributed by atoms with Gasteiger partial charge in [-0.05, 0) is 33.1 Å². The molecule has 0 aromatic carbocycles. The van der Waals surface area contributed by atoms with Crippen LogP contribution in [0.1, 0.15) is 30.7 Å². The van der Waals surface area contributed by atoms with E-state index in [1.165, 1.54) is 12.8 Å². The number of aromatic nitrogens is 2. The van der Waals surface area contributed by atoms with Crippen LogP contribution in [0, 0.1) is 13.8 Å². The minimum absolute atomic E-state index is 0.436. The number of ether oxygens (including phenoxy) is 1. The SMILES string of the molecule is Cc1cnc(C)c(NCCC2CCCO2)n1. The highest BCUT2D eigenvalue weighted by Gasteiger charge is 2.14. The summed E-state index contributed by atoms with van der Waals surface area (Å²) in [5, 5.41) is 3.33. The van der Waals surface area contributed by atoms with Crippen molar-refractivity contribution in [3.05, 3.63) is 17.6 Å². The van der Waals surface area contributed by atoms with Crippen LogP contribution >= 0.6 is 0 Å². The highest BCUT2D eigenvalue weighted by molar-refractivity contribution is 5.39. The fourth-order valence-corrected chi connectivity index (χ4v) is 1.93. The fourth-order valence-electron chi connectivity index (χ4n) is 1.93. The normalized spacial score (nSPS) is 20.0. The Kier molecular flexibility index (Phi) is 3.72. The van der Waals surface area contributed by atoms with E-state index in [1.807, 2.05) is 13.8 Å². The number of hydrogen-bond acceptors (Lipinski definition) is 4. The number of aryl methyl sites for hydroxylation is 2. The van der Waals surface area contributed by atoms with E-state index >= 15 is 0 Å². The lowest BCUT2D eigenvalue weighted by atomic mass is 10.2. The molecule has 4 heteroatoms. The first-order chi connectivity index (χ1) is 7.75. The van der Waals surface area contributed by atoms with Crippen LogP contribution in [0.4, 0.5) is 5.82 Å². The molecule has 0 amide bonds. The zero-order valence-corrected chi connectivity index (χ0v) is 9.99. The molecule has 16 heavy (non-hydrogen) atoms. The van der Waals surface area contributed by atoms with Crippen molar-refractivity contribution in [3.63, 3.8) is 0 Å². The van der Waals surface area contributed by atoms with E-state index in [-0.39, 0.29) is 0 Å². The Balaban J connectivity index is 1.82. The average Bonchev–Trinajstić information content (AvgIpc) is 2.76. The summed E-state index contributed by atoms with van der Waals surface area (Å²) in [6.45, 7) is 5.76. The maximum Gasteiger partial charge on any atom is 0.147 e. The Morgan fingerprint density at radius 1 is 1.50 bits per heavy atom. The molecule has 0 bridgehead atoms. The Hall–Kier alpha value is -1.16. The summed E-state index contributed by atoms with van der Waals surface area (Å²) in [6.07, 6.45) is 5.68. The van der Waals surface area contributed by atoms with Crippen molar-refractivity contribution in [2.45, 2.75) is 39.2 Å². The summed E-state index contributed by atoms with van der Waals surface area (Å²) in [4.78, 5) is 8.70. The third kappa shape index (κ3) is 2.92. The molecule has 1 aromatic heterocycles. The van der Waals surface area contributed by atoms with Gasteiger partial charge in [-0.2, -0.15) is 0 Å². The summed E-state index contributed by atoms with van der Waals surface area (Å²) in [7, 11) is 0. The molecule has 1 aliphatic rings. The summed E-state index contributed by atoms with van der Waals surface area (Å²) >= 11 is 0. The lowest BCUT2D eigenvalue weighted by Gasteiger charge is -2.11. The topological polar surface area (TPSA) is 47.0 Å². The highest BCUT2D eigenvalue weighted by Crippen LogP contribution is 2.15. The van der Waals surface area contributed by atoms with E-state index in [2.05, 4.69) is 15.3 Å². The smallest absolute Gasteiger partial charge is 0.147 e. The molecule has 2 rings (SSSR count). The standard InChI is InChI=1S/C12H19N3O/c1-9-8-14-10(2)12(15-9)13-6-5-11-4-3-7-16-11/h8,11H,3-7H2,1-2H3,(H,13,15). The van der Waals surface area contributed by atoms with Crippen molar-refractivity contribution in [1.29, 1.82) is 0 Å². The predicted octanol–water partition coefficient (Wildman–Crippen LogP) is 2.07. The molecule has 1 fully saturated rings. The van der Waals surface area contributed by atoms with Gasteiger partial charge in [0.1, 0.15) is 5.82 Å². The summed E-state index contributed by atoms with van der Waals surface area (Å²) in [5.74, 6) is 0.901. The molecule has 1 N–H and O–H groups in total. The Morgan fingerprint density at radius 2 is 2.38 bits per heavy atom. The first kappa shape index (κ1) is 11.3. The van der Waals surface area contributed by atoms with Crippen molar-refractivity contribution >= 4 is 5.82 Å². The highest BCUT2D eigenvalue weighted by atomic mass is 16.5. The molecule has 0 saturated carbocycles. The average molecular weight is 221 g/mol. The van der Waals surface area contributed by atoms with E-state index < -0.39 is 0 Å². The van der Waals surface area contributed by atoms with Crippen LogP contribution in [-0.2, 0) is 4.74 Å². The zero-order valence-electron chi connectivity index (χ0n) is 9.99. The second kappa shape index (κ2) is 5.25. The summed E-state index contributed by atoms with van der Waals surface area (Å²) in [5.41, 5.74) is 1.91. The molecule has 0 radical (unpaired) electrons. The van der Waals surface area contributed by atoms with Gasteiger partial charge in [0.05, 0.1) is 17.5 Å². The van der Waals surface area contributed by atoms with Gasteiger partial charge in [-0.3, -0.25) is 4.98 Å². The first-order valence-corrected chi connectivity index (χ1v) is 5.91. The number of nitrogens with one attached hydrogen (secondary N) is 1. The van der Waals surface area contributed by atoms with Crippen LogP contribution in [0.2, 0.25) is 0 Å². The van der Waals surface area contributed by atoms with Gasteiger partial charge in [0.15, 0.2) is 0 Å². The number of rotatable bonds is 4. The largest absolute Gasteiger partial charge is 0.378 e. The third-order valence-electron chi connectivity index (χ3n) is 2.86. The van der Waals surface area contributed by atoms with Crippen molar-refractivity contribution in [2.24, 2.45) is 0 Å². The van der Waals surface area contributed by atoms with Gasteiger partial charge in [0.2, 0.25) is 0 Å². The quantitative estimate of drug-likeness (QED) is 0.845. The van der Waals surface area contributed by atoms with Crippen LogP contribution in [-0.4, -0.2) is 29.2 Å². The van der Waals surface area contributed by atoms with Gasteiger partial charge in [-0.25, -0.2) is 4.98 Å². The molecule has 88 valence electrons. The molecule has 0 aliphatic carbocycles. The fraction of sp³-hybridized carbons (Fsp3) is 0.667. The van der Waals surface area contributed by atoms with Crippen molar-refractivity contribution in [1.82, 2.24) is 9.97 Å². The second-order valence-corrected chi connectivity index (χ2v) is 4.30. The van der Waals surface area contributed by atoms with Gasteiger partial charge < -0.3 is 10.1 Å². The summed E-state index contributed by atoms with van der Waals surface area (Å²) < 4.78 is 5.57. The third-order valence-corrected chi connectivity index (χ3v) is 2.86. The Morgan fingerprint density at radius 3 is 3.12 bits per heavy atom. The van der Waals surface area contributed by atoms with E-state index in [4.69, 9.17) is 4.74 Å². The minimum atomic E-state index is 0.436. The van der Waals surface area contributed by atoms with Crippen LogP contribution in [0.5, 0.6) is 0 Å². The molecule has 1 aromatic rings. The second-order valence-electron chi connectivity index (χ2n) is 4.30. The van der Waals surface area contributed by atoms with Crippen LogP contribution in [0.15, 0.2) is 6.20 Å². The van der Waals surface area contributed by atoms with Crippen molar-refractivity contribution in [3.8, 4) is 0 Å². The molecule has 0 spiro atoms. The van der Waals surface area contributed by atoms with Crippen LogP contribution < -0.4 is 5.32 Å². The molecule has 1 saturated heterocycles. The predicted molar refractivity (Wildman–Crippen MR) is 63.6 cm³/mol.